The van der Waals surface area contributed by atoms with Crippen LogP contribution in [0, 0.1) is 11.3 Å². The number of rotatable bonds is 10. The normalized spacial score (nSPS) is 22.7. The second kappa shape index (κ2) is 19.4. The Hall–Kier alpha value is -5.88. The highest BCUT2D eigenvalue weighted by Crippen LogP contribution is 2.41. The zero-order valence-electron chi connectivity index (χ0n) is 39.8. The number of carbonyl (C=O) groups is 5. The van der Waals surface area contributed by atoms with Gasteiger partial charge < -0.3 is 44.5 Å². The number of likely N-dealkylation sites (tertiary alicyclic amines) is 1. The fraction of sp³-hybridized carbons (Fsp3) is 0.520. The monoisotopic (exact) mass is 923 g/mol. The number of fused-ring (bicyclic) bond motifs is 6. The van der Waals surface area contributed by atoms with Gasteiger partial charge in [0, 0.05) is 76.2 Å². The van der Waals surface area contributed by atoms with E-state index in [1.165, 1.54) is 34.8 Å². The Morgan fingerprint density at radius 2 is 1.82 bits per heavy atom. The Bertz CT molecular complexity index is 2560. The molecule has 6 bridgehead atoms. The fourth-order valence-electron chi connectivity index (χ4n) is 10.2. The Morgan fingerprint density at radius 1 is 1.06 bits per heavy atom. The lowest BCUT2D eigenvalue weighted by molar-refractivity contribution is -0.161. The van der Waals surface area contributed by atoms with Gasteiger partial charge in [-0.05, 0) is 96.2 Å². The lowest BCUT2D eigenvalue weighted by Gasteiger charge is -2.42. The van der Waals surface area contributed by atoms with Crippen LogP contribution in [0.1, 0.15) is 77.6 Å². The average Bonchev–Trinajstić information content (AvgIpc) is 3.83. The summed E-state index contributed by atoms with van der Waals surface area (Å²) in [5.74, 6) is -4.09. The number of β-amino-alcohol motifs (C(OH)–C–C–N with tert-alkyl or cyclic N) is 1. The van der Waals surface area contributed by atoms with Crippen LogP contribution in [-0.4, -0.2) is 140 Å². The van der Waals surface area contributed by atoms with Gasteiger partial charge in [0.15, 0.2) is 11.1 Å². The molecule has 2 saturated heterocycles. The van der Waals surface area contributed by atoms with Gasteiger partial charge in [-0.1, -0.05) is 39.8 Å². The van der Waals surface area contributed by atoms with E-state index in [4.69, 9.17) is 14.5 Å². The first-order chi connectivity index (χ1) is 31.7. The highest BCUT2D eigenvalue weighted by atomic mass is 16.5. The van der Waals surface area contributed by atoms with E-state index in [1.807, 2.05) is 24.3 Å². The van der Waals surface area contributed by atoms with E-state index in [2.05, 4.69) is 48.2 Å². The molecule has 0 aliphatic carbocycles. The Kier molecular flexibility index (Phi) is 14.2. The number of carboxylic acids is 1. The second-order valence-corrected chi connectivity index (χ2v) is 19.6. The molecule has 0 spiro atoms. The number of aromatic hydroxyl groups is 1. The molecule has 2 aromatic carbocycles. The maximum atomic E-state index is 14.9. The molecule has 17 nitrogen and oxygen atoms in total. The number of hydrazine groups is 1. The zero-order valence-corrected chi connectivity index (χ0v) is 39.8. The minimum atomic E-state index is -1.91. The third kappa shape index (κ3) is 9.91. The van der Waals surface area contributed by atoms with Crippen molar-refractivity contribution in [2.75, 3.05) is 47.0 Å². The predicted octanol–water partition coefficient (Wildman–Crippen LogP) is 4.29. The smallest absolute Gasteiger partial charge is 0.328 e. The molecular formula is C50H65N7O10. The van der Waals surface area contributed by atoms with Crippen LogP contribution in [0.25, 0.3) is 33.3 Å². The van der Waals surface area contributed by atoms with E-state index < -0.39 is 58.2 Å². The summed E-state index contributed by atoms with van der Waals surface area (Å²) in [6, 6.07) is 12.7. The van der Waals surface area contributed by atoms with Crippen molar-refractivity contribution in [1.82, 2.24) is 35.1 Å². The van der Waals surface area contributed by atoms with Crippen LogP contribution < -0.4 is 10.7 Å². The van der Waals surface area contributed by atoms with Crippen molar-refractivity contribution >= 4 is 40.5 Å². The number of hydrogen-bond donors (Lipinski definition) is 5. The molecule has 4 atom stereocenters. The van der Waals surface area contributed by atoms with Crippen molar-refractivity contribution in [2.45, 2.75) is 110 Å². The number of carbonyl (C=O) groups excluding carboxylic acids is 4. The average molecular weight is 924 g/mol. The number of carboxylic acid groups (broad SMARTS) is 1. The number of nitrogens with one attached hydrogen (secondary N) is 2. The number of benzene rings is 2. The molecule has 4 aromatic rings. The molecule has 3 aliphatic rings. The minimum absolute atomic E-state index is 0.00400. The molecule has 2 aromatic heterocycles. The molecule has 3 aliphatic heterocycles. The number of phenols is 1. The molecule has 5 heterocycles. The van der Waals surface area contributed by atoms with Crippen LogP contribution in [-0.2, 0) is 59.4 Å². The lowest BCUT2D eigenvalue weighted by atomic mass is 9.84. The van der Waals surface area contributed by atoms with Gasteiger partial charge in [0.2, 0.25) is 11.8 Å². The summed E-state index contributed by atoms with van der Waals surface area (Å²) in [5.41, 5.74) is 5.55. The summed E-state index contributed by atoms with van der Waals surface area (Å²) in [6.07, 6.45) is 2.63. The molecule has 1 unspecified atom stereocenters. The maximum Gasteiger partial charge on any atom is 0.328 e. The number of pyridine rings is 1. The van der Waals surface area contributed by atoms with Gasteiger partial charge in [-0.15, -0.1) is 0 Å². The summed E-state index contributed by atoms with van der Waals surface area (Å²) in [7, 11) is 3.05. The number of amides is 4. The van der Waals surface area contributed by atoms with Gasteiger partial charge in [0.1, 0.15) is 17.8 Å². The summed E-state index contributed by atoms with van der Waals surface area (Å²) in [5, 5.41) is 38.7. The van der Waals surface area contributed by atoms with Gasteiger partial charge in [-0.2, -0.15) is 0 Å². The number of ether oxygens (including phenoxy) is 2. The van der Waals surface area contributed by atoms with Crippen LogP contribution in [0.5, 0.6) is 5.75 Å². The number of aliphatic hydroxyl groups is 1. The summed E-state index contributed by atoms with van der Waals surface area (Å²) in [4.78, 5) is 76.0. The molecule has 67 heavy (non-hydrogen) atoms. The van der Waals surface area contributed by atoms with E-state index >= 15 is 0 Å². The molecule has 17 heteroatoms. The first-order valence-corrected chi connectivity index (χ1v) is 23.1. The van der Waals surface area contributed by atoms with Crippen LogP contribution in [0.15, 0.2) is 54.7 Å². The zero-order chi connectivity index (χ0) is 48.6. The third-order valence-corrected chi connectivity index (χ3v) is 13.5. The Labute approximate surface area is 391 Å². The number of methoxy groups -OCH3 is 1. The highest BCUT2D eigenvalue weighted by Gasteiger charge is 2.49. The number of phenolic OH excluding ortho intramolecular Hbond substituents is 1. The number of aliphatic carboxylic acids is 1. The Balaban J connectivity index is 1.34. The van der Waals surface area contributed by atoms with Crippen molar-refractivity contribution in [3.63, 3.8) is 0 Å². The molecule has 4 amide bonds. The highest BCUT2D eigenvalue weighted by molar-refractivity contribution is 5.96. The van der Waals surface area contributed by atoms with Crippen LogP contribution >= 0.6 is 0 Å². The van der Waals surface area contributed by atoms with Crippen LogP contribution in [0.3, 0.4) is 0 Å². The molecule has 360 valence electrons. The predicted molar refractivity (Wildman–Crippen MR) is 250 cm³/mol. The van der Waals surface area contributed by atoms with E-state index in [9.17, 15) is 39.3 Å². The quantitative estimate of drug-likeness (QED) is 0.151. The van der Waals surface area contributed by atoms with Crippen molar-refractivity contribution < 1.29 is 48.8 Å². The number of hydrogen-bond acceptors (Lipinski definition) is 11. The fourth-order valence-corrected chi connectivity index (χ4v) is 10.2. The largest absolute Gasteiger partial charge is 0.508 e. The van der Waals surface area contributed by atoms with Crippen molar-refractivity contribution in [3.8, 4) is 28.1 Å². The SMILES string of the molecule is CCn1c(-c2cccnc2COC)c2c3cc(ccc31)-c1cc(O)cc(c1)C[C@H](NC(=O)[C@H](C(C)C)N(C)C(=O)C1(O)CCN(C(C)=O)C1)C(=O)N1CCC[C@@](C(=O)O)(COCC(C)(C)C2)N1. The van der Waals surface area contributed by atoms with Gasteiger partial charge in [-0.3, -0.25) is 34.0 Å². The van der Waals surface area contributed by atoms with E-state index in [-0.39, 0.29) is 63.8 Å². The summed E-state index contributed by atoms with van der Waals surface area (Å²) in [6.45, 7) is 12.0. The first-order valence-electron chi connectivity index (χ1n) is 23.1. The standard InChI is InChI=1S/C50H65N7O10/c1-9-56-41-14-13-33-24-37(41)38(43(56)36-12-10-17-51-40(36)26-66-8)25-48(5,6)28-67-29-49(47(63)64)15-11-18-57(53-49)45(61)39(22-32-20-34(33)23-35(59)21-32)52-44(60)42(30(2)3)54(7)46(62)50(65)16-19-55(27-50)31(4)58/h10,12-14,17,20-21,23-24,30,39,42,53,59,65H,9,11,15-16,18-19,22,25-29H2,1-8H3,(H,52,60)(H,63,64)/t39-,42-,49-,50?/m0/s1. The molecule has 0 radical (unpaired) electrons. The topological polar surface area (TPSA) is 216 Å². The molecule has 5 N–H and O–H groups in total. The Morgan fingerprint density at radius 3 is 2.49 bits per heavy atom. The maximum absolute atomic E-state index is 14.9. The van der Waals surface area contributed by atoms with Crippen molar-refractivity contribution in [2.24, 2.45) is 11.3 Å². The van der Waals surface area contributed by atoms with Crippen LogP contribution in [0.2, 0.25) is 0 Å². The molecular weight excluding hydrogens is 859 g/mol. The number of nitrogens with zero attached hydrogens (tertiary/aromatic N) is 5. The van der Waals surface area contributed by atoms with Crippen molar-refractivity contribution in [1.29, 1.82) is 0 Å². The van der Waals surface area contributed by atoms with Gasteiger partial charge in [0.25, 0.3) is 11.8 Å². The van der Waals surface area contributed by atoms with Gasteiger partial charge in [-0.25, -0.2) is 5.43 Å². The summed E-state index contributed by atoms with van der Waals surface area (Å²) >= 11 is 0. The van der Waals surface area contributed by atoms with Crippen LogP contribution in [0.4, 0.5) is 0 Å². The summed E-state index contributed by atoms with van der Waals surface area (Å²) < 4.78 is 14.3. The van der Waals surface area contributed by atoms with E-state index in [0.717, 1.165) is 39.0 Å². The number of aromatic nitrogens is 2. The first kappa shape index (κ1) is 49.0. The lowest BCUT2D eigenvalue weighted by Crippen LogP contribution is -2.68. The minimum Gasteiger partial charge on any atom is -0.508 e. The van der Waals surface area contributed by atoms with Gasteiger partial charge in [0.05, 0.1) is 37.8 Å². The van der Waals surface area contributed by atoms with E-state index in [1.54, 1.807) is 33.2 Å². The third-order valence-electron chi connectivity index (χ3n) is 13.5. The number of likely N-dealkylation sites (N-methyl/N-ethyl adjacent to an activating group) is 1. The molecule has 7 rings (SSSR count). The molecule has 0 saturated carbocycles. The number of aryl methyl sites for hydroxylation is 1. The van der Waals surface area contributed by atoms with E-state index in [0.29, 0.717) is 37.1 Å². The molecule has 2 fully saturated rings. The second-order valence-electron chi connectivity index (χ2n) is 19.6. The van der Waals surface area contributed by atoms with Gasteiger partial charge >= 0.3 is 5.97 Å². The van der Waals surface area contributed by atoms with Crippen molar-refractivity contribution in [3.05, 3.63) is 71.5 Å².